The Morgan fingerprint density at radius 1 is 1.27 bits per heavy atom. The molecule has 3 unspecified atom stereocenters. The Bertz CT molecular complexity index is 799. The lowest BCUT2D eigenvalue weighted by Gasteiger charge is -2.27. The monoisotopic (exact) mass is 374 g/mol. The van der Waals surface area contributed by atoms with Crippen LogP contribution in [0, 0.1) is 13.8 Å². The van der Waals surface area contributed by atoms with Crippen LogP contribution in [0.15, 0.2) is 24.3 Å². The number of carbonyl (C=O) groups is 1. The smallest absolute Gasteiger partial charge is 0.227 e. The van der Waals surface area contributed by atoms with Crippen molar-refractivity contribution in [1.82, 2.24) is 20.0 Å². The number of rotatable bonds is 4. The van der Waals surface area contributed by atoms with E-state index in [-0.39, 0.29) is 23.9 Å². The maximum absolute atomic E-state index is 13.0. The van der Waals surface area contributed by atoms with Crippen LogP contribution in [0.5, 0.6) is 0 Å². The van der Waals surface area contributed by atoms with E-state index in [0.717, 1.165) is 34.9 Å². The van der Waals surface area contributed by atoms with Crippen LogP contribution in [0.3, 0.4) is 0 Å². The van der Waals surface area contributed by atoms with Gasteiger partial charge >= 0.3 is 0 Å². The lowest BCUT2D eigenvalue weighted by Crippen LogP contribution is -2.41. The first-order valence-electron chi connectivity index (χ1n) is 9.05. The number of hydrogen-bond acceptors (Lipinski definition) is 3. The Balaban J connectivity index is 1.78. The molecule has 1 fully saturated rings. The van der Waals surface area contributed by atoms with Gasteiger partial charge < -0.3 is 5.32 Å². The molecule has 0 radical (unpaired) electrons. The zero-order valence-electron chi connectivity index (χ0n) is 16.1. The third-order valence-electron chi connectivity index (χ3n) is 5.58. The van der Waals surface area contributed by atoms with Gasteiger partial charge in [-0.1, -0.05) is 23.7 Å². The molecule has 26 heavy (non-hydrogen) atoms. The van der Waals surface area contributed by atoms with Gasteiger partial charge in [0.05, 0.1) is 17.7 Å². The van der Waals surface area contributed by atoms with Gasteiger partial charge in [0, 0.05) is 35.9 Å². The third kappa shape index (κ3) is 3.51. The molecule has 0 saturated carbocycles. The fraction of sp³-hybridized carbons (Fsp3) is 0.500. The van der Waals surface area contributed by atoms with Crippen molar-refractivity contribution in [3.05, 3.63) is 51.8 Å². The molecule has 1 saturated heterocycles. The Kier molecular flexibility index (Phi) is 5.39. The van der Waals surface area contributed by atoms with Gasteiger partial charge in [-0.3, -0.25) is 14.4 Å². The molecule has 0 bridgehead atoms. The minimum Gasteiger partial charge on any atom is -0.351 e. The predicted octanol–water partition coefficient (Wildman–Crippen LogP) is 3.36. The summed E-state index contributed by atoms with van der Waals surface area (Å²) in [5, 5.41) is 8.46. The number of halogens is 1. The molecule has 1 aromatic heterocycles. The summed E-state index contributed by atoms with van der Waals surface area (Å²) in [6.45, 7) is 6.89. The van der Waals surface area contributed by atoms with E-state index in [2.05, 4.69) is 22.4 Å². The summed E-state index contributed by atoms with van der Waals surface area (Å²) in [6, 6.07) is 8.17. The Morgan fingerprint density at radius 3 is 2.50 bits per heavy atom. The van der Waals surface area contributed by atoms with Crippen LogP contribution in [-0.2, 0) is 11.8 Å². The van der Waals surface area contributed by atoms with Gasteiger partial charge in [-0.05, 0) is 51.9 Å². The lowest BCUT2D eigenvalue weighted by molar-refractivity contribution is -0.123. The molecule has 6 heteroatoms. The summed E-state index contributed by atoms with van der Waals surface area (Å²) in [6.07, 6.45) is 0.938. The summed E-state index contributed by atoms with van der Waals surface area (Å²) in [5.74, 6) is -0.163. The van der Waals surface area contributed by atoms with Crippen molar-refractivity contribution in [1.29, 1.82) is 0 Å². The number of hydrogen-bond donors (Lipinski definition) is 1. The van der Waals surface area contributed by atoms with Gasteiger partial charge in [-0.15, -0.1) is 0 Å². The Morgan fingerprint density at radius 2 is 1.92 bits per heavy atom. The highest BCUT2D eigenvalue weighted by Gasteiger charge is 2.35. The number of benzene rings is 1. The van der Waals surface area contributed by atoms with Crippen LogP contribution in [0.25, 0.3) is 0 Å². The highest BCUT2D eigenvalue weighted by Crippen LogP contribution is 2.32. The zero-order chi connectivity index (χ0) is 19.0. The lowest BCUT2D eigenvalue weighted by atomic mass is 9.96. The topological polar surface area (TPSA) is 50.2 Å². The standard InChI is InChI=1S/C20H27ClN4O/c1-12(18-13(2)23-25(5)14(18)3)20(26)22-17-10-11-24(4)19(17)15-6-8-16(21)9-7-15/h6-9,12,17,19H,10-11H2,1-5H3,(H,22,26). The van der Waals surface area contributed by atoms with Crippen molar-refractivity contribution in [3.63, 3.8) is 0 Å². The third-order valence-corrected chi connectivity index (χ3v) is 5.83. The first kappa shape index (κ1) is 18.9. The van der Waals surface area contributed by atoms with E-state index in [1.807, 2.05) is 56.8 Å². The molecule has 1 N–H and O–H groups in total. The predicted molar refractivity (Wildman–Crippen MR) is 104 cm³/mol. The average Bonchev–Trinajstić information content (AvgIpc) is 3.07. The number of likely N-dealkylation sites (N-methyl/N-ethyl adjacent to an activating group) is 1. The van der Waals surface area contributed by atoms with Gasteiger partial charge in [0.2, 0.25) is 5.91 Å². The molecule has 1 aliphatic rings. The molecule has 1 amide bonds. The summed E-state index contributed by atoms with van der Waals surface area (Å²) >= 11 is 6.03. The molecule has 5 nitrogen and oxygen atoms in total. The van der Waals surface area contributed by atoms with Crippen LogP contribution >= 0.6 is 11.6 Å². The molecule has 2 aromatic rings. The molecular weight excluding hydrogens is 348 g/mol. The van der Waals surface area contributed by atoms with Crippen molar-refractivity contribution in [3.8, 4) is 0 Å². The van der Waals surface area contributed by atoms with Crippen molar-refractivity contribution >= 4 is 17.5 Å². The SMILES string of the molecule is Cc1nn(C)c(C)c1C(C)C(=O)NC1CCN(C)C1c1ccc(Cl)cc1. The second kappa shape index (κ2) is 7.41. The van der Waals surface area contributed by atoms with E-state index in [1.165, 1.54) is 5.56 Å². The summed E-state index contributed by atoms with van der Waals surface area (Å²) in [7, 11) is 4.02. The van der Waals surface area contributed by atoms with Crippen LogP contribution in [0.2, 0.25) is 5.02 Å². The average molecular weight is 375 g/mol. The number of carbonyl (C=O) groups excluding carboxylic acids is 1. The molecule has 1 aromatic carbocycles. The quantitative estimate of drug-likeness (QED) is 0.892. The van der Waals surface area contributed by atoms with Crippen LogP contribution in [-0.4, -0.2) is 40.2 Å². The number of nitrogens with one attached hydrogen (secondary N) is 1. The normalized spacial score (nSPS) is 21.8. The fourth-order valence-electron chi connectivity index (χ4n) is 4.10. The first-order chi connectivity index (χ1) is 12.3. The van der Waals surface area contributed by atoms with Crippen molar-refractivity contribution in [2.45, 2.75) is 45.2 Å². The van der Waals surface area contributed by atoms with E-state index < -0.39 is 0 Å². The Labute approximate surface area is 160 Å². The molecule has 1 aliphatic heterocycles. The van der Waals surface area contributed by atoms with Gasteiger partial charge in [0.25, 0.3) is 0 Å². The van der Waals surface area contributed by atoms with Gasteiger partial charge in [-0.25, -0.2) is 0 Å². The molecule has 140 valence electrons. The maximum atomic E-state index is 13.0. The molecule has 3 rings (SSSR count). The summed E-state index contributed by atoms with van der Waals surface area (Å²) in [5.41, 5.74) is 4.17. The molecule has 3 atom stereocenters. The number of nitrogens with zero attached hydrogens (tertiary/aromatic N) is 3. The van der Waals surface area contributed by atoms with Crippen molar-refractivity contribution < 1.29 is 4.79 Å². The van der Waals surface area contributed by atoms with Gasteiger partial charge in [0.15, 0.2) is 0 Å². The second-order valence-corrected chi connectivity index (χ2v) is 7.75. The zero-order valence-corrected chi connectivity index (χ0v) is 16.8. The number of amides is 1. The maximum Gasteiger partial charge on any atom is 0.227 e. The highest BCUT2D eigenvalue weighted by molar-refractivity contribution is 6.30. The van der Waals surface area contributed by atoms with E-state index in [0.29, 0.717) is 0 Å². The number of aryl methyl sites for hydroxylation is 2. The van der Waals surface area contributed by atoms with Crippen molar-refractivity contribution in [2.75, 3.05) is 13.6 Å². The largest absolute Gasteiger partial charge is 0.351 e. The van der Waals surface area contributed by atoms with Gasteiger partial charge in [0.1, 0.15) is 0 Å². The number of aromatic nitrogens is 2. The van der Waals surface area contributed by atoms with E-state index in [9.17, 15) is 4.79 Å². The van der Waals surface area contributed by atoms with Crippen LogP contribution in [0.1, 0.15) is 47.8 Å². The summed E-state index contributed by atoms with van der Waals surface area (Å²) < 4.78 is 1.84. The molecule has 0 spiro atoms. The minimum atomic E-state index is -0.222. The Hall–Kier alpha value is -1.85. The summed E-state index contributed by atoms with van der Waals surface area (Å²) in [4.78, 5) is 15.3. The minimum absolute atomic E-state index is 0.0588. The fourth-order valence-corrected chi connectivity index (χ4v) is 4.23. The highest BCUT2D eigenvalue weighted by atomic mass is 35.5. The van der Waals surface area contributed by atoms with E-state index in [4.69, 9.17) is 11.6 Å². The van der Waals surface area contributed by atoms with E-state index in [1.54, 1.807) is 0 Å². The van der Waals surface area contributed by atoms with Crippen molar-refractivity contribution in [2.24, 2.45) is 7.05 Å². The molecule has 2 heterocycles. The van der Waals surface area contributed by atoms with Crippen LogP contribution < -0.4 is 5.32 Å². The second-order valence-electron chi connectivity index (χ2n) is 7.31. The van der Waals surface area contributed by atoms with Crippen LogP contribution in [0.4, 0.5) is 0 Å². The van der Waals surface area contributed by atoms with E-state index >= 15 is 0 Å². The number of likely N-dealkylation sites (tertiary alicyclic amines) is 1. The first-order valence-corrected chi connectivity index (χ1v) is 9.43. The molecular formula is C20H27ClN4O. The van der Waals surface area contributed by atoms with Gasteiger partial charge in [-0.2, -0.15) is 5.10 Å². The molecule has 0 aliphatic carbocycles.